The number of nitrogens with zero attached hydrogens (tertiary/aromatic N) is 2. The molecule has 0 atom stereocenters. The van der Waals surface area contributed by atoms with Crippen LogP contribution in [-0.2, 0) is 16.6 Å². The summed E-state index contributed by atoms with van der Waals surface area (Å²) < 4.78 is 59.2. The van der Waals surface area contributed by atoms with Gasteiger partial charge in [0.1, 0.15) is 17.2 Å². The maximum Gasteiger partial charge on any atom is 0.263 e. The van der Waals surface area contributed by atoms with Crippen LogP contribution in [0.2, 0.25) is 0 Å². The molecule has 0 saturated heterocycles. The van der Waals surface area contributed by atoms with Crippen LogP contribution in [0.5, 0.6) is 0 Å². The van der Waals surface area contributed by atoms with Crippen molar-refractivity contribution in [2.24, 2.45) is 0 Å². The molecule has 28 heavy (non-hydrogen) atoms. The van der Waals surface area contributed by atoms with E-state index >= 15 is 0 Å². The topological polar surface area (TPSA) is 114 Å². The largest absolute Gasteiger partial charge is 0.355 e. The number of carbonyl (C=O) groups is 1. The molecule has 1 aromatic heterocycles. The average Bonchev–Trinajstić information content (AvgIpc) is 3.14. The van der Waals surface area contributed by atoms with Gasteiger partial charge in [-0.05, 0) is 36.4 Å². The van der Waals surface area contributed by atoms with Crippen molar-refractivity contribution in [3.05, 3.63) is 65.5 Å². The first kappa shape index (κ1) is 19.6. The van der Waals surface area contributed by atoms with E-state index in [0.717, 1.165) is 12.1 Å². The summed E-state index contributed by atoms with van der Waals surface area (Å²) in [6.07, 6.45) is 0. The summed E-state index contributed by atoms with van der Waals surface area (Å²) in [5.74, 6) is -2.63. The Balaban J connectivity index is 1.73. The number of aromatic nitrogens is 2. The van der Waals surface area contributed by atoms with Gasteiger partial charge in [-0.25, -0.2) is 21.9 Å². The predicted octanol–water partition coefficient (Wildman–Crippen LogP) is 1.85. The van der Waals surface area contributed by atoms with Crippen LogP contribution in [-0.4, -0.2) is 31.5 Å². The number of benzene rings is 2. The molecule has 0 aliphatic rings. The van der Waals surface area contributed by atoms with Gasteiger partial charge >= 0.3 is 0 Å². The van der Waals surface area contributed by atoms with E-state index in [1.807, 2.05) is 0 Å². The standard InChI is InChI=1S/C17H14F2N4O4S/c1-20-16(24)10-5-7-11(8-6-10)28(25,26)21-9-14-22-17(27-23-14)15-12(18)3-2-4-13(15)19/h2-8,21H,9H2,1H3,(H,20,24). The van der Waals surface area contributed by atoms with E-state index in [-0.39, 0.29) is 23.2 Å². The first-order valence-electron chi connectivity index (χ1n) is 7.90. The van der Waals surface area contributed by atoms with Gasteiger partial charge in [0.15, 0.2) is 5.82 Å². The fourth-order valence-corrected chi connectivity index (χ4v) is 3.28. The number of rotatable bonds is 6. The molecule has 3 rings (SSSR count). The van der Waals surface area contributed by atoms with Gasteiger partial charge < -0.3 is 9.84 Å². The molecule has 0 fully saturated rings. The lowest BCUT2D eigenvalue weighted by Gasteiger charge is -2.06. The summed E-state index contributed by atoms with van der Waals surface area (Å²) in [6, 6.07) is 8.52. The van der Waals surface area contributed by atoms with Gasteiger partial charge in [0.05, 0.1) is 11.4 Å². The predicted molar refractivity (Wildman–Crippen MR) is 93.5 cm³/mol. The minimum atomic E-state index is -3.93. The summed E-state index contributed by atoms with van der Waals surface area (Å²) in [4.78, 5) is 15.2. The van der Waals surface area contributed by atoms with E-state index in [1.165, 1.54) is 37.4 Å². The third kappa shape index (κ3) is 4.05. The highest BCUT2D eigenvalue weighted by molar-refractivity contribution is 7.89. The fourth-order valence-electron chi connectivity index (χ4n) is 2.30. The number of amides is 1. The van der Waals surface area contributed by atoms with Crippen LogP contribution in [0.25, 0.3) is 11.5 Å². The van der Waals surface area contributed by atoms with Crippen molar-refractivity contribution in [1.82, 2.24) is 20.2 Å². The lowest BCUT2D eigenvalue weighted by molar-refractivity contribution is 0.0963. The Morgan fingerprint density at radius 2 is 1.75 bits per heavy atom. The lowest BCUT2D eigenvalue weighted by atomic mass is 10.2. The molecule has 1 heterocycles. The molecular formula is C17H14F2N4O4S. The number of nitrogens with one attached hydrogen (secondary N) is 2. The molecule has 3 aromatic rings. The summed E-state index contributed by atoms with van der Waals surface area (Å²) in [5.41, 5.74) is -0.190. The first-order chi connectivity index (χ1) is 13.3. The molecule has 2 aromatic carbocycles. The van der Waals surface area contributed by atoms with Crippen molar-refractivity contribution < 1.29 is 26.5 Å². The monoisotopic (exact) mass is 408 g/mol. The Kier molecular flexibility index (Phi) is 5.47. The Morgan fingerprint density at radius 1 is 1.11 bits per heavy atom. The van der Waals surface area contributed by atoms with Crippen LogP contribution in [0, 0.1) is 11.6 Å². The Hall–Kier alpha value is -3.18. The number of hydrogen-bond acceptors (Lipinski definition) is 6. The molecule has 1 amide bonds. The van der Waals surface area contributed by atoms with E-state index in [0.29, 0.717) is 5.56 Å². The Morgan fingerprint density at radius 3 is 2.36 bits per heavy atom. The van der Waals surface area contributed by atoms with Crippen LogP contribution in [0.15, 0.2) is 51.9 Å². The molecule has 0 saturated carbocycles. The SMILES string of the molecule is CNC(=O)c1ccc(S(=O)(=O)NCc2noc(-c3c(F)cccc3F)n2)cc1. The number of carbonyl (C=O) groups excluding carboxylic acids is 1. The van der Waals surface area contributed by atoms with Crippen LogP contribution >= 0.6 is 0 Å². The van der Waals surface area contributed by atoms with E-state index in [1.54, 1.807) is 0 Å². The third-order valence-electron chi connectivity index (χ3n) is 3.72. The number of sulfonamides is 1. The van der Waals surface area contributed by atoms with E-state index in [9.17, 15) is 22.0 Å². The van der Waals surface area contributed by atoms with E-state index in [4.69, 9.17) is 4.52 Å². The van der Waals surface area contributed by atoms with E-state index in [2.05, 4.69) is 20.2 Å². The van der Waals surface area contributed by atoms with Gasteiger partial charge in [0.25, 0.3) is 11.8 Å². The van der Waals surface area contributed by atoms with Gasteiger partial charge in [-0.2, -0.15) is 4.98 Å². The zero-order valence-electron chi connectivity index (χ0n) is 14.4. The second kappa shape index (κ2) is 7.82. The van der Waals surface area contributed by atoms with Crippen molar-refractivity contribution in [3.8, 4) is 11.5 Å². The molecule has 0 aliphatic heterocycles. The highest BCUT2D eigenvalue weighted by Crippen LogP contribution is 2.24. The molecule has 2 N–H and O–H groups in total. The molecule has 0 radical (unpaired) electrons. The van der Waals surface area contributed by atoms with Gasteiger partial charge in [-0.15, -0.1) is 0 Å². The molecule has 8 nitrogen and oxygen atoms in total. The first-order valence-corrected chi connectivity index (χ1v) is 9.39. The smallest absolute Gasteiger partial charge is 0.263 e. The molecule has 0 aliphatic carbocycles. The summed E-state index contributed by atoms with van der Waals surface area (Å²) >= 11 is 0. The molecule has 0 unspecified atom stereocenters. The Bertz CT molecular complexity index is 1090. The second-order valence-electron chi connectivity index (χ2n) is 5.54. The third-order valence-corrected chi connectivity index (χ3v) is 5.14. The average molecular weight is 408 g/mol. The second-order valence-corrected chi connectivity index (χ2v) is 7.31. The van der Waals surface area contributed by atoms with Crippen molar-refractivity contribution in [2.75, 3.05) is 7.05 Å². The molecule has 146 valence electrons. The van der Waals surface area contributed by atoms with Gasteiger partial charge in [-0.3, -0.25) is 4.79 Å². The van der Waals surface area contributed by atoms with Crippen LogP contribution in [0.1, 0.15) is 16.2 Å². The van der Waals surface area contributed by atoms with Gasteiger partial charge in [0, 0.05) is 12.6 Å². The quantitative estimate of drug-likeness (QED) is 0.644. The van der Waals surface area contributed by atoms with Gasteiger partial charge in [-0.1, -0.05) is 11.2 Å². The molecule has 0 spiro atoms. The van der Waals surface area contributed by atoms with Crippen molar-refractivity contribution in [1.29, 1.82) is 0 Å². The minimum absolute atomic E-state index is 0.0796. The van der Waals surface area contributed by atoms with Crippen molar-refractivity contribution >= 4 is 15.9 Å². The summed E-state index contributed by atoms with van der Waals surface area (Å²) in [5, 5.41) is 5.95. The van der Waals surface area contributed by atoms with Gasteiger partial charge in [0.2, 0.25) is 10.0 Å². The normalized spacial score (nSPS) is 11.4. The zero-order chi connectivity index (χ0) is 20.3. The van der Waals surface area contributed by atoms with Crippen LogP contribution < -0.4 is 10.0 Å². The molecular weight excluding hydrogens is 394 g/mol. The zero-order valence-corrected chi connectivity index (χ0v) is 15.3. The highest BCUT2D eigenvalue weighted by Gasteiger charge is 2.20. The lowest BCUT2D eigenvalue weighted by Crippen LogP contribution is -2.24. The summed E-state index contributed by atoms with van der Waals surface area (Å²) in [6.45, 7) is -0.362. The Labute approximate surface area is 158 Å². The van der Waals surface area contributed by atoms with Crippen molar-refractivity contribution in [2.45, 2.75) is 11.4 Å². The fraction of sp³-hybridized carbons (Fsp3) is 0.118. The van der Waals surface area contributed by atoms with E-state index < -0.39 is 33.1 Å². The number of hydrogen-bond donors (Lipinski definition) is 2. The summed E-state index contributed by atoms with van der Waals surface area (Å²) in [7, 11) is -2.47. The highest BCUT2D eigenvalue weighted by atomic mass is 32.2. The van der Waals surface area contributed by atoms with Crippen LogP contribution in [0.3, 0.4) is 0 Å². The molecule has 11 heteroatoms. The van der Waals surface area contributed by atoms with Crippen molar-refractivity contribution in [3.63, 3.8) is 0 Å². The molecule has 0 bridgehead atoms. The van der Waals surface area contributed by atoms with Crippen LogP contribution in [0.4, 0.5) is 8.78 Å². The maximum atomic E-state index is 13.7. The maximum absolute atomic E-state index is 13.7. The number of halogens is 2. The minimum Gasteiger partial charge on any atom is -0.355 e.